The van der Waals surface area contributed by atoms with Crippen molar-refractivity contribution >= 4 is 17.4 Å². The molecule has 3 rings (SSSR count). The van der Waals surface area contributed by atoms with Crippen molar-refractivity contribution in [1.29, 1.82) is 0 Å². The van der Waals surface area contributed by atoms with Crippen molar-refractivity contribution in [3.63, 3.8) is 0 Å². The minimum atomic E-state index is -0.705. The van der Waals surface area contributed by atoms with Gasteiger partial charge in [0.15, 0.2) is 0 Å². The predicted octanol–water partition coefficient (Wildman–Crippen LogP) is 1.54. The highest BCUT2D eigenvalue weighted by Gasteiger charge is 2.44. The van der Waals surface area contributed by atoms with Crippen LogP contribution in [0.1, 0.15) is 43.5 Å². The van der Waals surface area contributed by atoms with Crippen LogP contribution in [0.25, 0.3) is 5.76 Å². The summed E-state index contributed by atoms with van der Waals surface area (Å²) in [5.74, 6) is -0.993. The molecule has 1 saturated heterocycles. The van der Waals surface area contributed by atoms with Gasteiger partial charge in [0.05, 0.1) is 38.8 Å². The monoisotopic (exact) mass is 436 g/mol. The second-order valence-electron chi connectivity index (χ2n) is 8.05. The van der Waals surface area contributed by atoms with Crippen LogP contribution in [0.5, 0.6) is 5.75 Å². The summed E-state index contributed by atoms with van der Waals surface area (Å²) in [5.41, 5.74) is 2.20. The van der Waals surface area contributed by atoms with Gasteiger partial charge in [-0.3, -0.25) is 9.59 Å². The zero-order valence-corrected chi connectivity index (χ0v) is 19.3. The molecule has 6 nitrogen and oxygen atoms in total. The lowest BCUT2D eigenvalue weighted by Gasteiger charge is -2.28. The number of likely N-dealkylation sites (tertiary alicyclic amines) is 1. The number of hydrogen-bond acceptors (Lipinski definition) is 4. The number of benzene rings is 2. The minimum absolute atomic E-state index is 0.0255. The number of carbonyl (C=O) groups is 2. The lowest BCUT2D eigenvalue weighted by Crippen LogP contribution is -3.12. The smallest absolute Gasteiger partial charge is 0.295 e. The maximum Gasteiger partial charge on any atom is 0.295 e. The molecule has 32 heavy (non-hydrogen) atoms. The van der Waals surface area contributed by atoms with E-state index in [-0.39, 0.29) is 11.3 Å². The Kier molecular flexibility index (Phi) is 7.70. The Morgan fingerprint density at radius 3 is 2.19 bits per heavy atom. The van der Waals surface area contributed by atoms with Crippen LogP contribution in [0.2, 0.25) is 0 Å². The summed E-state index contributed by atoms with van der Waals surface area (Å²) >= 11 is 0. The van der Waals surface area contributed by atoms with Crippen LogP contribution in [0.3, 0.4) is 0 Å². The van der Waals surface area contributed by atoms with Gasteiger partial charge in [0, 0.05) is 5.57 Å². The third-order valence-electron chi connectivity index (χ3n) is 6.06. The van der Waals surface area contributed by atoms with E-state index in [9.17, 15) is 14.7 Å². The second kappa shape index (κ2) is 10.5. The van der Waals surface area contributed by atoms with Crippen LogP contribution in [-0.2, 0) is 9.59 Å². The van der Waals surface area contributed by atoms with Crippen molar-refractivity contribution < 1.29 is 24.3 Å². The standard InChI is InChI=1S/C26H32N2O4/c1-5-27(6-2)16-17-28-23(19-12-14-21(15-13-19)32-7-3)22(25(30)26(28)31)24(29)20-10-8-18(4)9-11-20/h8-15,23,29H,5-7,16-17H2,1-4H3. The van der Waals surface area contributed by atoms with Gasteiger partial charge in [-0.05, 0) is 51.0 Å². The fourth-order valence-corrected chi connectivity index (χ4v) is 4.10. The highest BCUT2D eigenvalue weighted by Crippen LogP contribution is 2.38. The van der Waals surface area contributed by atoms with E-state index >= 15 is 0 Å². The molecule has 1 atom stereocenters. The van der Waals surface area contributed by atoms with Crippen LogP contribution >= 0.6 is 0 Å². The highest BCUT2D eigenvalue weighted by molar-refractivity contribution is 6.46. The third kappa shape index (κ3) is 4.86. The molecular formula is C26H32N2O4. The van der Waals surface area contributed by atoms with Gasteiger partial charge in [0.1, 0.15) is 5.75 Å². The SMILES string of the molecule is CCOc1ccc(C2C(=C([O-])c3ccc(C)cc3)C(=O)C(=O)N2CC[NH+](CC)CC)cc1. The summed E-state index contributed by atoms with van der Waals surface area (Å²) in [6, 6.07) is 13.7. The third-order valence-corrected chi connectivity index (χ3v) is 6.06. The summed E-state index contributed by atoms with van der Waals surface area (Å²) in [6.45, 7) is 11.6. The molecule has 0 aromatic heterocycles. The molecule has 0 radical (unpaired) electrons. The number of nitrogens with one attached hydrogen (secondary N) is 1. The molecule has 1 unspecified atom stereocenters. The van der Waals surface area contributed by atoms with Crippen molar-refractivity contribution in [2.24, 2.45) is 0 Å². The molecule has 0 bridgehead atoms. The Morgan fingerprint density at radius 2 is 1.62 bits per heavy atom. The number of quaternary nitrogens is 1. The molecule has 1 heterocycles. The van der Waals surface area contributed by atoms with Crippen molar-refractivity contribution in [1.82, 2.24) is 4.90 Å². The first-order valence-electron chi connectivity index (χ1n) is 11.3. The van der Waals surface area contributed by atoms with E-state index in [1.807, 2.05) is 50.2 Å². The van der Waals surface area contributed by atoms with E-state index in [4.69, 9.17) is 4.74 Å². The number of carbonyl (C=O) groups excluding carboxylic acids is 2. The minimum Gasteiger partial charge on any atom is -0.872 e. The molecule has 0 saturated carbocycles. The summed E-state index contributed by atoms with van der Waals surface area (Å²) in [7, 11) is 0. The van der Waals surface area contributed by atoms with E-state index in [2.05, 4.69) is 13.8 Å². The van der Waals surface area contributed by atoms with Crippen LogP contribution in [-0.4, -0.2) is 49.4 Å². The quantitative estimate of drug-likeness (QED) is 0.368. The van der Waals surface area contributed by atoms with Crippen molar-refractivity contribution in [2.75, 3.05) is 32.8 Å². The van der Waals surface area contributed by atoms with Crippen LogP contribution in [0.4, 0.5) is 0 Å². The number of Topliss-reactive ketones (excluding diaryl/α,β-unsaturated/α-hetero) is 1. The molecule has 1 aliphatic rings. The number of aryl methyl sites for hydroxylation is 1. The summed E-state index contributed by atoms with van der Waals surface area (Å²) in [6.07, 6.45) is 0. The average Bonchev–Trinajstić information content (AvgIpc) is 3.05. The van der Waals surface area contributed by atoms with Gasteiger partial charge in [-0.1, -0.05) is 47.7 Å². The molecule has 1 fully saturated rings. The number of nitrogens with zero attached hydrogens (tertiary/aromatic N) is 1. The number of ether oxygens (including phenoxy) is 1. The van der Waals surface area contributed by atoms with E-state index < -0.39 is 17.7 Å². The molecular weight excluding hydrogens is 404 g/mol. The van der Waals surface area contributed by atoms with Crippen molar-refractivity contribution in [3.05, 3.63) is 70.8 Å². The fourth-order valence-electron chi connectivity index (χ4n) is 4.10. The van der Waals surface area contributed by atoms with Crippen LogP contribution in [0, 0.1) is 6.92 Å². The maximum absolute atomic E-state index is 13.4. The average molecular weight is 437 g/mol. The van der Waals surface area contributed by atoms with E-state index in [0.717, 1.165) is 24.2 Å². The normalized spacial score (nSPS) is 17.9. The van der Waals surface area contributed by atoms with Gasteiger partial charge >= 0.3 is 0 Å². The molecule has 2 aromatic rings. The first kappa shape index (κ1) is 23.5. The van der Waals surface area contributed by atoms with Crippen LogP contribution < -0.4 is 14.7 Å². The molecule has 2 aromatic carbocycles. The molecule has 0 aliphatic carbocycles. The topological polar surface area (TPSA) is 74.1 Å². The predicted molar refractivity (Wildman–Crippen MR) is 122 cm³/mol. The molecule has 1 N–H and O–H groups in total. The lowest BCUT2D eigenvalue weighted by molar-refractivity contribution is -0.895. The van der Waals surface area contributed by atoms with Gasteiger partial charge in [0.25, 0.3) is 5.91 Å². The van der Waals surface area contributed by atoms with Gasteiger partial charge in [-0.15, -0.1) is 0 Å². The Balaban J connectivity index is 2.06. The number of likely N-dealkylation sites (N-methyl/N-ethyl adjacent to an activating group) is 1. The zero-order chi connectivity index (χ0) is 23.3. The van der Waals surface area contributed by atoms with Gasteiger partial charge in [0.2, 0.25) is 5.78 Å². The lowest BCUT2D eigenvalue weighted by atomic mass is 9.95. The number of rotatable bonds is 9. The number of amides is 1. The Labute approximate surface area is 190 Å². The van der Waals surface area contributed by atoms with E-state index in [0.29, 0.717) is 31.0 Å². The Morgan fingerprint density at radius 1 is 1.00 bits per heavy atom. The summed E-state index contributed by atoms with van der Waals surface area (Å²) in [4.78, 5) is 29.0. The largest absolute Gasteiger partial charge is 0.872 e. The summed E-state index contributed by atoms with van der Waals surface area (Å²) in [5, 5.41) is 13.4. The van der Waals surface area contributed by atoms with E-state index in [1.165, 1.54) is 4.90 Å². The summed E-state index contributed by atoms with van der Waals surface area (Å²) < 4.78 is 5.53. The number of ketones is 1. The molecule has 0 spiro atoms. The first-order valence-corrected chi connectivity index (χ1v) is 11.3. The molecule has 6 heteroatoms. The van der Waals surface area contributed by atoms with Crippen molar-refractivity contribution in [3.8, 4) is 5.75 Å². The van der Waals surface area contributed by atoms with Crippen molar-refractivity contribution in [2.45, 2.75) is 33.7 Å². The van der Waals surface area contributed by atoms with Gasteiger partial charge in [-0.2, -0.15) is 0 Å². The molecule has 1 aliphatic heterocycles. The van der Waals surface area contributed by atoms with E-state index in [1.54, 1.807) is 17.0 Å². The Hall–Kier alpha value is -3.12. The Bertz CT molecular complexity index is 976. The van der Waals surface area contributed by atoms with Crippen LogP contribution in [0.15, 0.2) is 54.1 Å². The maximum atomic E-state index is 13.4. The number of hydrogen-bond donors (Lipinski definition) is 1. The first-order chi connectivity index (χ1) is 15.4. The van der Waals surface area contributed by atoms with Gasteiger partial charge in [-0.25, -0.2) is 0 Å². The van der Waals surface area contributed by atoms with Gasteiger partial charge < -0.3 is 19.6 Å². The fraction of sp³-hybridized carbons (Fsp3) is 0.385. The highest BCUT2D eigenvalue weighted by atomic mass is 16.5. The second-order valence-corrected chi connectivity index (χ2v) is 8.05. The molecule has 170 valence electrons. The molecule has 1 amide bonds. The zero-order valence-electron chi connectivity index (χ0n) is 19.3.